The summed E-state index contributed by atoms with van der Waals surface area (Å²) in [4.78, 5) is 47.1. The van der Waals surface area contributed by atoms with E-state index in [0.29, 0.717) is 5.39 Å². The highest BCUT2D eigenvalue weighted by molar-refractivity contribution is 5.97. The number of ether oxygens (including phenoxy) is 2. The second kappa shape index (κ2) is 10.2. The normalized spacial score (nSPS) is 13.9. The SMILES string of the molecule is O=C(COc1ccc([N+](=O)[O-])cc1)Oc1ccc2cc(C(=O)NC3CCCCC3)c(=O)oc2c1. The highest BCUT2D eigenvalue weighted by atomic mass is 16.6. The van der Waals surface area contributed by atoms with Crippen molar-refractivity contribution in [3.8, 4) is 11.5 Å². The zero-order chi connectivity index (χ0) is 24.1. The molecule has 10 nitrogen and oxygen atoms in total. The number of benzene rings is 2. The van der Waals surface area contributed by atoms with Crippen LogP contribution in [-0.4, -0.2) is 29.4 Å². The van der Waals surface area contributed by atoms with Gasteiger partial charge in [0.15, 0.2) is 6.61 Å². The Labute approximate surface area is 193 Å². The second-order valence-corrected chi connectivity index (χ2v) is 7.97. The molecule has 0 saturated heterocycles. The van der Waals surface area contributed by atoms with E-state index in [-0.39, 0.29) is 34.4 Å². The Morgan fingerprint density at radius 3 is 2.44 bits per heavy atom. The summed E-state index contributed by atoms with van der Waals surface area (Å²) in [6.45, 7) is -0.430. The first-order valence-corrected chi connectivity index (χ1v) is 10.9. The number of hydrogen-bond donors (Lipinski definition) is 1. The molecular weight excluding hydrogens is 444 g/mol. The third-order valence-corrected chi connectivity index (χ3v) is 5.53. The first-order chi connectivity index (χ1) is 16.4. The van der Waals surface area contributed by atoms with E-state index in [4.69, 9.17) is 13.9 Å². The molecule has 176 valence electrons. The third-order valence-electron chi connectivity index (χ3n) is 5.53. The molecule has 0 atom stereocenters. The monoisotopic (exact) mass is 466 g/mol. The summed E-state index contributed by atoms with van der Waals surface area (Å²) in [7, 11) is 0. The van der Waals surface area contributed by atoms with Crippen molar-refractivity contribution in [1.29, 1.82) is 0 Å². The summed E-state index contributed by atoms with van der Waals surface area (Å²) in [5.41, 5.74) is -0.770. The molecule has 1 saturated carbocycles. The van der Waals surface area contributed by atoms with Crippen molar-refractivity contribution in [2.24, 2.45) is 0 Å². The Balaban J connectivity index is 1.39. The van der Waals surface area contributed by atoms with Crippen LogP contribution in [0.1, 0.15) is 42.5 Å². The van der Waals surface area contributed by atoms with Crippen molar-refractivity contribution in [2.75, 3.05) is 6.61 Å². The zero-order valence-electron chi connectivity index (χ0n) is 18.2. The molecule has 0 radical (unpaired) electrons. The molecule has 1 aliphatic carbocycles. The number of fused-ring (bicyclic) bond motifs is 1. The first-order valence-electron chi connectivity index (χ1n) is 10.9. The van der Waals surface area contributed by atoms with Gasteiger partial charge in [-0.2, -0.15) is 0 Å². The van der Waals surface area contributed by atoms with Gasteiger partial charge in [-0.3, -0.25) is 14.9 Å². The Hall–Kier alpha value is -4.21. The number of amides is 1. The average Bonchev–Trinajstić information content (AvgIpc) is 2.83. The molecule has 0 bridgehead atoms. The number of rotatable bonds is 7. The van der Waals surface area contributed by atoms with Gasteiger partial charge < -0.3 is 19.2 Å². The summed E-state index contributed by atoms with van der Waals surface area (Å²) in [5, 5.41) is 14.1. The van der Waals surface area contributed by atoms with Crippen molar-refractivity contribution >= 4 is 28.5 Å². The Bertz CT molecular complexity index is 1280. The van der Waals surface area contributed by atoms with Crippen molar-refractivity contribution < 1.29 is 28.4 Å². The van der Waals surface area contributed by atoms with Crippen LogP contribution in [0, 0.1) is 10.1 Å². The van der Waals surface area contributed by atoms with Crippen molar-refractivity contribution in [2.45, 2.75) is 38.1 Å². The molecule has 0 spiro atoms. The predicted octanol–water partition coefficient (Wildman–Crippen LogP) is 3.75. The highest BCUT2D eigenvalue weighted by Gasteiger charge is 2.20. The van der Waals surface area contributed by atoms with E-state index < -0.39 is 29.0 Å². The molecule has 4 rings (SSSR count). The minimum Gasteiger partial charge on any atom is -0.482 e. The molecule has 3 aromatic rings. The molecule has 1 N–H and O–H groups in total. The Morgan fingerprint density at radius 1 is 1.03 bits per heavy atom. The maximum Gasteiger partial charge on any atom is 0.349 e. The topological polar surface area (TPSA) is 138 Å². The highest BCUT2D eigenvalue weighted by Crippen LogP contribution is 2.22. The van der Waals surface area contributed by atoms with Crippen LogP contribution in [0.15, 0.2) is 57.7 Å². The lowest BCUT2D eigenvalue weighted by molar-refractivity contribution is -0.384. The fourth-order valence-electron chi connectivity index (χ4n) is 3.79. The van der Waals surface area contributed by atoms with E-state index in [9.17, 15) is 24.5 Å². The van der Waals surface area contributed by atoms with E-state index in [2.05, 4.69) is 5.32 Å². The van der Waals surface area contributed by atoms with Gasteiger partial charge in [0.25, 0.3) is 11.6 Å². The van der Waals surface area contributed by atoms with Crippen LogP contribution in [0.2, 0.25) is 0 Å². The third kappa shape index (κ3) is 5.58. The van der Waals surface area contributed by atoms with Crippen LogP contribution < -0.4 is 20.4 Å². The standard InChI is InChI=1S/C24H22N2O8/c27-22(14-32-18-10-7-17(8-11-18)26(30)31)33-19-9-6-15-12-20(24(29)34-21(15)13-19)23(28)25-16-4-2-1-3-5-16/h6-13,16H,1-5,14H2,(H,25,28). The van der Waals surface area contributed by atoms with Crippen molar-refractivity contribution in [3.63, 3.8) is 0 Å². The van der Waals surface area contributed by atoms with Crippen LogP contribution in [0.5, 0.6) is 11.5 Å². The second-order valence-electron chi connectivity index (χ2n) is 7.97. The van der Waals surface area contributed by atoms with Gasteiger partial charge in [0.05, 0.1) is 4.92 Å². The minimum atomic E-state index is -0.772. The van der Waals surface area contributed by atoms with Crippen LogP contribution >= 0.6 is 0 Å². The first kappa shape index (κ1) is 23.0. The number of carbonyl (C=O) groups excluding carboxylic acids is 2. The van der Waals surface area contributed by atoms with Gasteiger partial charge in [0.1, 0.15) is 22.6 Å². The summed E-state index contributed by atoms with van der Waals surface area (Å²) >= 11 is 0. The molecule has 10 heteroatoms. The van der Waals surface area contributed by atoms with E-state index in [1.165, 1.54) is 42.5 Å². The lowest BCUT2D eigenvalue weighted by Crippen LogP contribution is -2.38. The van der Waals surface area contributed by atoms with Gasteiger partial charge in [0.2, 0.25) is 0 Å². The number of esters is 1. The van der Waals surface area contributed by atoms with Crippen molar-refractivity contribution in [3.05, 3.63) is 74.6 Å². The van der Waals surface area contributed by atoms with E-state index >= 15 is 0 Å². The van der Waals surface area contributed by atoms with E-state index in [1.807, 2.05) is 0 Å². The largest absolute Gasteiger partial charge is 0.482 e. The number of carbonyl (C=O) groups is 2. The smallest absolute Gasteiger partial charge is 0.349 e. The van der Waals surface area contributed by atoms with E-state index in [1.54, 1.807) is 6.07 Å². The maximum absolute atomic E-state index is 12.5. The summed E-state index contributed by atoms with van der Waals surface area (Å²) in [6.07, 6.45) is 5.05. The fraction of sp³-hybridized carbons (Fsp3) is 0.292. The molecule has 1 fully saturated rings. The molecule has 2 aromatic carbocycles. The van der Waals surface area contributed by atoms with Crippen LogP contribution in [0.4, 0.5) is 5.69 Å². The van der Waals surface area contributed by atoms with Gasteiger partial charge in [-0.05, 0) is 43.2 Å². The minimum absolute atomic E-state index is 0.0614. The molecule has 1 heterocycles. The molecule has 0 unspecified atom stereocenters. The summed E-state index contributed by atoms with van der Waals surface area (Å²) < 4.78 is 15.8. The Kier molecular flexibility index (Phi) is 6.86. The average molecular weight is 466 g/mol. The lowest BCUT2D eigenvalue weighted by Gasteiger charge is -2.22. The summed E-state index contributed by atoms with van der Waals surface area (Å²) in [5.74, 6) is -0.775. The van der Waals surface area contributed by atoms with Crippen LogP contribution in [0.3, 0.4) is 0 Å². The van der Waals surface area contributed by atoms with Gasteiger partial charge >= 0.3 is 11.6 Å². The lowest BCUT2D eigenvalue weighted by atomic mass is 9.95. The fourth-order valence-corrected chi connectivity index (χ4v) is 3.79. The zero-order valence-corrected chi connectivity index (χ0v) is 18.2. The van der Waals surface area contributed by atoms with Gasteiger partial charge in [0, 0.05) is 29.6 Å². The number of nitrogens with zero attached hydrogens (tertiary/aromatic N) is 1. The van der Waals surface area contributed by atoms with Crippen LogP contribution in [-0.2, 0) is 4.79 Å². The molecule has 1 amide bonds. The Morgan fingerprint density at radius 2 is 1.74 bits per heavy atom. The molecule has 1 aliphatic rings. The number of nitro groups is 1. The number of nitro benzene ring substituents is 1. The van der Waals surface area contributed by atoms with Crippen molar-refractivity contribution in [1.82, 2.24) is 5.32 Å². The summed E-state index contributed by atoms with van der Waals surface area (Å²) in [6, 6.07) is 11.3. The number of hydrogen-bond acceptors (Lipinski definition) is 8. The van der Waals surface area contributed by atoms with Gasteiger partial charge in [-0.15, -0.1) is 0 Å². The number of nitrogens with one attached hydrogen (secondary N) is 1. The van der Waals surface area contributed by atoms with Gasteiger partial charge in [-0.25, -0.2) is 9.59 Å². The molecular formula is C24H22N2O8. The molecule has 0 aliphatic heterocycles. The quantitative estimate of drug-likeness (QED) is 0.183. The maximum atomic E-state index is 12.5. The van der Waals surface area contributed by atoms with Crippen LogP contribution in [0.25, 0.3) is 11.0 Å². The molecule has 34 heavy (non-hydrogen) atoms. The number of non-ortho nitro benzene ring substituents is 1. The van der Waals surface area contributed by atoms with E-state index in [0.717, 1.165) is 32.1 Å². The molecule has 1 aromatic heterocycles. The van der Waals surface area contributed by atoms with Gasteiger partial charge in [-0.1, -0.05) is 19.3 Å². The predicted molar refractivity (Wildman–Crippen MR) is 121 cm³/mol.